The summed E-state index contributed by atoms with van der Waals surface area (Å²) < 4.78 is 39.7. The van der Waals surface area contributed by atoms with Gasteiger partial charge in [0.25, 0.3) is 0 Å². The van der Waals surface area contributed by atoms with Crippen molar-refractivity contribution >= 4 is 15.9 Å². The fourth-order valence-corrected chi connectivity index (χ4v) is 4.49. The Bertz CT molecular complexity index is 714. The van der Waals surface area contributed by atoms with Crippen molar-refractivity contribution in [3.8, 4) is 0 Å². The highest BCUT2D eigenvalue weighted by Gasteiger charge is 2.26. The van der Waals surface area contributed by atoms with E-state index < -0.39 is 10.0 Å². The van der Waals surface area contributed by atoms with Crippen molar-refractivity contribution in [3.05, 3.63) is 35.6 Å². The molecule has 1 N–H and O–H groups in total. The Balaban J connectivity index is 1.92. The second-order valence-electron chi connectivity index (χ2n) is 7.71. The molecular weight excluding hydrogens is 357 g/mol. The number of amides is 1. The van der Waals surface area contributed by atoms with Gasteiger partial charge >= 0.3 is 0 Å². The lowest BCUT2D eigenvalue weighted by molar-refractivity contribution is -0.123. The summed E-state index contributed by atoms with van der Waals surface area (Å²) in [6.07, 6.45) is 0.672. The van der Waals surface area contributed by atoms with Crippen molar-refractivity contribution in [2.24, 2.45) is 0 Å². The molecule has 1 aromatic rings. The number of sulfonamides is 1. The van der Waals surface area contributed by atoms with Gasteiger partial charge in [0.1, 0.15) is 5.82 Å². The largest absolute Gasteiger partial charge is 0.350 e. The molecule has 8 heteroatoms. The van der Waals surface area contributed by atoms with E-state index in [0.717, 1.165) is 0 Å². The highest BCUT2D eigenvalue weighted by Crippen LogP contribution is 2.14. The molecule has 0 bridgehead atoms. The summed E-state index contributed by atoms with van der Waals surface area (Å²) in [5, 5.41) is 2.92. The van der Waals surface area contributed by atoms with Gasteiger partial charge < -0.3 is 5.32 Å². The van der Waals surface area contributed by atoms with Gasteiger partial charge in [-0.05, 0) is 51.4 Å². The lowest BCUT2D eigenvalue weighted by atomic mass is 10.1. The summed E-state index contributed by atoms with van der Waals surface area (Å²) in [7, 11) is -3.47. The molecule has 1 fully saturated rings. The van der Waals surface area contributed by atoms with E-state index in [0.29, 0.717) is 38.2 Å². The highest BCUT2D eigenvalue weighted by atomic mass is 32.2. The second kappa shape index (κ2) is 8.45. The van der Waals surface area contributed by atoms with E-state index in [4.69, 9.17) is 0 Å². The molecule has 0 saturated carbocycles. The molecule has 0 aliphatic carbocycles. The third kappa shape index (κ3) is 6.66. The van der Waals surface area contributed by atoms with E-state index in [1.165, 1.54) is 28.6 Å². The summed E-state index contributed by atoms with van der Waals surface area (Å²) in [5.41, 5.74) is 0.282. The number of carbonyl (C=O) groups excluding carboxylic acids is 1. The van der Waals surface area contributed by atoms with Gasteiger partial charge in [0, 0.05) is 25.2 Å². The molecule has 1 amide bonds. The zero-order valence-electron chi connectivity index (χ0n) is 15.7. The summed E-state index contributed by atoms with van der Waals surface area (Å²) in [6.45, 7) is 8.03. The van der Waals surface area contributed by atoms with Gasteiger partial charge in [-0.1, -0.05) is 12.1 Å². The van der Waals surface area contributed by atoms with Crippen LogP contribution in [0.3, 0.4) is 0 Å². The van der Waals surface area contributed by atoms with E-state index in [1.807, 2.05) is 25.7 Å². The molecule has 1 aliphatic heterocycles. The smallest absolute Gasteiger partial charge is 0.234 e. The summed E-state index contributed by atoms with van der Waals surface area (Å²) >= 11 is 0. The maximum Gasteiger partial charge on any atom is 0.234 e. The van der Waals surface area contributed by atoms with Crippen molar-refractivity contribution in [3.63, 3.8) is 0 Å². The average Bonchev–Trinajstić information content (AvgIpc) is 2.73. The van der Waals surface area contributed by atoms with Crippen molar-refractivity contribution in [2.75, 3.05) is 32.7 Å². The number of halogens is 1. The molecule has 6 nitrogen and oxygen atoms in total. The SMILES string of the molecule is CC(C)(C)NC(=O)CN1CCCN(S(=O)(=O)Cc2ccc(F)cc2)CC1. The summed E-state index contributed by atoms with van der Waals surface area (Å²) in [6, 6.07) is 5.52. The van der Waals surface area contributed by atoms with Crippen molar-refractivity contribution in [1.29, 1.82) is 0 Å². The Morgan fingerprint density at radius 1 is 1.12 bits per heavy atom. The normalized spacial score (nSPS) is 17.7. The Kier molecular flexibility index (Phi) is 6.76. The van der Waals surface area contributed by atoms with Crippen LogP contribution in [0.2, 0.25) is 0 Å². The molecule has 1 aromatic carbocycles. The first-order chi connectivity index (χ1) is 12.0. The summed E-state index contributed by atoms with van der Waals surface area (Å²) in [4.78, 5) is 14.1. The Labute approximate surface area is 155 Å². The highest BCUT2D eigenvalue weighted by molar-refractivity contribution is 7.88. The number of carbonyl (C=O) groups is 1. The maximum atomic E-state index is 13.0. The van der Waals surface area contributed by atoms with Crippen LogP contribution < -0.4 is 5.32 Å². The number of hydrogen-bond donors (Lipinski definition) is 1. The molecule has 2 rings (SSSR count). The van der Waals surface area contributed by atoms with Crippen molar-refractivity contribution in [1.82, 2.24) is 14.5 Å². The van der Waals surface area contributed by atoms with Gasteiger partial charge in [0.2, 0.25) is 15.9 Å². The zero-order valence-corrected chi connectivity index (χ0v) is 16.5. The van der Waals surface area contributed by atoms with Gasteiger partial charge in [-0.15, -0.1) is 0 Å². The van der Waals surface area contributed by atoms with Gasteiger partial charge in [0.05, 0.1) is 12.3 Å². The molecule has 1 saturated heterocycles. The van der Waals surface area contributed by atoms with Crippen LogP contribution in [0.1, 0.15) is 32.8 Å². The van der Waals surface area contributed by atoms with Crippen LogP contribution in [0.15, 0.2) is 24.3 Å². The zero-order chi connectivity index (χ0) is 19.4. The standard InChI is InChI=1S/C18H28FN3O3S/c1-18(2,3)20-17(23)13-21-9-4-10-22(12-11-21)26(24,25)14-15-5-7-16(19)8-6-15/h5-8H,4,9-14H2,1-3H3,(H,20,23). The van der Waals surface area contributed by atoms with E-state index in [1.54, 1.807) is 0 Å². The molecular formula is C18H28FN3O3S. The van der Waals surface area contributed by atoms with Crippen LogP contribution in [-0.2, 0) is 20.6 Å². The Morgan fingerprint density at radius 3 is 2.38 bits per heavy atom. The second-order valence-corrected chi connectivity index (χ2v) is 9.68. The first-order valence-electron chi connectivity index (χ1n) is 8.81. The van der Waals surface area contributed by atoms with Gasteiger partial charge in [0.15, 0.2) is 0 Å². The molecule has 146 valence electrons. The minimum Gasteiger partial charge on any atom is -0.350 e. The molecule has 0 atom stereocenters. The Morgan fingerprint density at radius 2 is 1.77 bits per heavy atom. The summed E-state index contributed by atoms with van der Waals surface area (Å²) in [5.74, 6) is -0.581. The molecule has 0 spiro atoms. The van der Waals surface area contributed by atoms with Crippen LogP contribution in [-0.4, -0.2) is 61.8 Å². The molecule has 1 heterocycles. The quantitative estimate of drug-likeness (QED) is 0.836. The number of hydrogen-bond acceptors (Lipinski definition) is 4. The van der Waals surface area contributed by atoms with Gasteiger partial charge in [-0.25, -0.2) is 17.1 Å². The maximum absolute atomic E-state index is 13.0. The average molecular weight is 386 g/mol. The van der Waals surface area contributed by atoms with Crippen LogP contribution >= 0.6 is 0 Å². The topological polar surface area (TPSA) is 69.7 Å². The fraction of sp³-hybridized carbons (Fsp3) is 0.611. The minimum atomic E-state index is -3.47. The minimum absolute atomic E-state index is 0.0554. The van der Waals surface area contributed by atoms with Gasteiger partial charge in [-0.3, -0.25) is 9.69 Å². The number of nitrogens with zero attached hydrogens (tertiary/aromatic N) is 2. The van der Waals surface area contributed by atoms with E-state index in [9.17, 15) is 17.6 Å². The molecule has 1 aliphatic rings. The first-order valence-corrected chi connectivity index (χ1v) is 10.4. The number of benzene rings is 1. The molecule has 0 aromatic heterocycles. The fourth-order valence-electron chi connectivity index (χ4n) is 2.93. The predicted molar refractivity (Wildman–Crippen MR) is 99.5 cm³/mol. The predicted octanol–water partition coefficient (Wildman–Crippen LogP) is 1.58. The third-order valence-corrected chi connectivity index (χ3v) is 5.93. The number of rotatable bonds is 5. The third-order valence-electron chi connectivity index (χ3n) is 4.08. The lowest BCUT2D eigenvalue weighted by Crippen LogP contribution is -2.46. The van der Waals surface area contributed by atoms with E-state index in [-0.39, 0.29) is 29.6 Å². The van der Waals surface area contributed by atoms with Gasteiger partial charge in [-0.2, -0.15) is 0 Å². The van der Waals surface area contributed by atoms with Crippen LogP contribution in [0.5, 0.6) is 0 Å². The van der Waals surface area contributed by atoms with Crippen molar-refractivity contribution < 1.29 is 17.6 Å². The Hall–Kier alpha value is -1.51. The molecule has 0 unspecified atom stereocenters. The number of nitrogens with one attached hydrogen (secondary N) is 1. The van der Waals surface area contributed by atoms with E-state index in [2.05, 4.69) is 5.32 Å². The molecule has 26 heavy (non-hydrogen) atoms. The first kappa shape index (κ1) is 20.8. The van der Waals surface area contributed by atoms with Crippen LogP contribution in [0, 0.1) is 5.82 Å². The van der Waals surface area contributed by atoms with E-state index >= 15 is 0 Å². The molecule has 0 radical (unpaired) electrons. The van der Waals surface area contributed by atoms with Crippen molar-refractivity contribution in [2.45, 2.75) is 38.5 Å². The van der Waals surface area contributed by atoms with Crippen LogP contribution in [0.4, 0.5) is 4.39 Å². The monoisotopic (exact) mass is 385 g/mol. The van der Waals surface area contributed by atoms with Crippen LogP contribution in [0.25, 0.3) is 0 Å². The lowest BCUT2D eigenvalue weighted by Gasteiger charge is -2.25.